The molecular weight excluding hydrogens is 216 g/mol. The van der Waals surface area contributed by atoms with Crippen molar-refractivity contribution >= 4 is 17.3 Å². The molecule has 1 aromatic heterocycles. The van der Waals surface area contributed by atoms with Crippen molar-refractivity contribution in [2.24, 2.45) is 0 Å². The lowest BCUT2D eigenvalue weighted by molar-refractivity contribution is 0.102. The first-order valence-corrected chi connectivity index (χ1v) is 5.11. The van der Waals surface area contributed by atoms with Gasteiger partial charge in [-0.2, -0.15) is 10.2 Å². The van der Waals surface area contributed by atoms with Crippen molar-refractivity contribution in [3.05, 3.63) is 47.8 Å². The molecule has 2 aromatic rings. The number of nitrogens with one attached hydrogen (secondary N) is 1. The van der Waals surface area contributed by atoms with E-state index in [0.717, 1.165) is 5.56 Å². The Balaban J connectivity index is 2.16. The van der Waals surface area contributed by atoms with Gasteiger partial charge in [-0.25, -0.2) is 0 Å². The maximum atomic E-state index is 11.8. The second-order valence-electron chi connectivity index (χ2n) is 3.66. The van der Waals surface area contributed by atoms with Crippen LogP contribution >= 0.6 is 0 Å². The predicted octanol–water partition coefficient (Wildman–Crippen LogP) is 1.62. The average Bonchev–Trinajstić information content (AvgIpc) is 2.35. The number of anilines is 2. The van der Waals surface area contributed by atoms with E-state index in [1.165, 1.54) is 12.4 Å². The summed E-state index contributed by atoms with van der Waals surface area (Å²) in [5, 5.41) is 9.99. The third kappa shape index (κ3) is 2.57. The molecule has 0 saturated heterocycles. The summed E-state index contributed by atoms with van der Waals surface area (Å²) in [5.41, 5.74) is 8.51. The molecule has 1 heterocycles. The fourth-order valence-corrected chi connectivity index (χ4v) is 1.35. The zero-order valence-corrected chi connectivity index (χ0v) is 9.34. The lowest BCUT2D eigenvalue weighted by Crippen LogP contribution is -2.12. The maximum absolute atomic E-state index is 11.8. The zero-order chi connectivity index (χ0) is 12.3. The number of nitrogens with zero attached hydrogens (tertiary/aromatic N) is 2. The number of hydrogen-bond acceptors (Lipinski definition) is 4. The Kier molecular flexibility index (Phi) is 3.00. The van der Waals surface area contributed by atoms with Crippen LogP contribution in [-0.4, -0.2) is 16.1 Å². The molecule has 5 nitrogen and oxygen atoms in total. The van der Waals surface area contributed by atoms with Gasteiger partial charge in [-0.15, -0.1) is 0 Å². The van der Waals surface area contributed by atoms with Crippen molar-refractivity contribution in [3.63, 3.8) is 0 Å². The minimum atomic E-state index is -0.233. The smallest absolute Gasteiger partial charge is 0.257 e. The highest BCUT2D eigenvalue weighted by Gasteiger charge is 2.06. The number of aryl methyl sites for hydroxylation is 1. The van der Waals surface area contributed by atoms with E-state index in [1.54, 1.807) is 18.2 Å². The molecule has 0 aliphatic rings. The Morgan fingerprint density at radius 3 is 2.76 bits per heavy atom. The predicted molar refractivity (Wildman–Crippen MR) is 65.6 cm³/mol. The first-order chi connectivity index (χ1) is 8.16. The average molecular weight is 228 g/mol. The van der Waals surface area contributed by atoms with E-state index in [0.29, 0.717) is 16.9 Å². The number of benzene rings is 1. The van der Waals surface area contributed by atoms with Gasteiger partial charge < -0.3 is 11.1 Å². The highest BCUT2D eigenvalue weighted by atomic mass is 16.1. The quantitative estimate of drug-likeness (QED) is 0.765. The van der Waals surface area contributed by atoms with Crippen LogP contribution in [0.2, 0.25) is 0 Å². The monoisotopic (exact) mass is 228 g/mol. The van der Waals surface area contributed by atoms with Crippen LogP contribution in [0, 0.1) is 6.92 Å². The number of aromatic nitrogens is 2. The molecule has 0 unspecified atom stereocenters. The molecule has 3 N–H and O–H groups in total. The molecule has 0 radical (unpaired) electrons. The van der Waals surface area contributed by atoms with E-state index < -0.39 is 0 Å². The van der Waals surface area contributed by atoms with Gasteiger partial charge in [0.05, 0.1) is 18.0 Å². The fourth-order valence-electron chi connectivity index (χ4n) is 1.35. The van der Waals surface area contributed by atoms with E-state index >= 15 is 0 Å². The summed E-state index contributed by atoms with van der Waals surface area (Å²) < 4.78 is 0. The Morgan fingerprint density at radius 1 is 1.29 bits per heavy atom. The lowest BCUT2D eigenvalue weighted by atomic mass is 10.2. The first kappa shape index (κ1) is 11.1. The number of rotatable bonds is 2. The van der Waals surface area contributed by atoms with Gasteiger partial charge in [-0.1, -0.05) is 6.07 Å². The standard InChI is InChI=1S/C12H12N4O/c1-8-2-3-10(6-11(8)13)16-12(17)9-4-5-14-15-7-9/h2-7H,13H2,1H3,(H,16,17). The van der Waals surface area contributed by atoms with Crippen molar-refractivity contribution in [1.82, 2.24) is 10.2 Å². The summed E-state index contributed by atoms with van der Waals surface area (Å²) in [6, 6.07) is 6.98. The van der Waals surface area contributed by atoms with Crippen molar-refractivity contribution in [1.29, 1.82) is 0 Å². The first-order valence-electron chi connectivity index (χ1n) is 5.11. The molecule has 0 saturated carbocycles. The van der Waals surface area contributed by atoms with Crippen LogP contribution in [0.5, 0.6) is 0 Å². The molecule has 0 aliphatic heterocycles. The summed E-state index contributed by atoms with van der Waals surface area (Å²) >= 11 is 0. The Bertz CT molecular complexity index is 539. The van der Waals surface area contributed by atoms with Crippen LogP contribution in [0.3, 0.4) is 0 Å². The SMILES string of the molecule is Cc1ccc(NC(=O)c2ccnnc2)cc1N. The Morgan fingerprint density at radius 2 is 2.12 bits per heavy atom. The third-order valence-electron chi connectivity index (χ3n) is 2.38. The normalized spacial score (nSPS) is 9.94. The largest absolute Gasteiger partial charge is 0.398 e. The lowest BCUT2D eigenvalue weighted by Gasteiger charge is -2.07. The number of nitrogens with two attached hydrogens (primary N) is 1. The van der Waals surface area contributed by atoms with Crippen molar-refractivity contribution < 1.29 is 4.79 Å². The van der Waals surface area contributed by atoms with Crippen LogP contribution in [-0.2, 0) is 0 Å². The Hall–Kier alpha value is -2.43. The number of nitrogen functional groups attached to an aromatic ring is 1. The van der Waals surface area contributed by atoms with Gasteiger partial charge in [0.1, 0.15) is 0 Å². The van der Waals surface area contributed by atoms with Crippen LogP contribution < -0.4 is 11.1 Å². The molecule has 0 atom stereocenters. The molecule has 1 aromatic carbocycles. The van der Waals surface area contributed by atoms with Crippen molar-refractivity contribution in [2.75, 3.05) is 11.1 Å². The summed E-state index contributed by atoms with van der Waals surface area (Å²) in [6.07, 6.45) is 2.88. The minimum Gasteiger partial charge on any atom is -0.398 e. The van der Waals surface area contributed by atoms with Gasteiger partial charge in [0, 0.05) is 11.4 Å². The van der Waals surface area contributed by atoms with Crippen LogP contribution in [0.25, 0.3) is 0 Å². The molecule has 5 heteroatoms. The van der Waals surface area contributed by atoms with Crippen LogP contribution in [0.15, 0.2) is 36.7 Å². The molecule has 0 spiro atoms. The third-order valence-corrected chi connectivity index (χ3v) is 2.38. The topological polar surface area (TPSA) is 80.9 Å². The molecule has 1 amide bonds. The summed E-state index contributed by atoms with van der Waals surface area (Å²) in [7, 11) is 0. The molecule has 86 valence electrons. The number of hydrogen-bond donors (Lipinski definition) is 2. The molecule has 2 rings (SSSR count). The summed E-state index contributed by atoms with van der Waals surface area (Å²) in [5.74, 6) is -0.233. The molecule has 17 heavy (non-hydrogen) atoms. The summed E-state index contributed by atoms with van der Waals surface area (Å²) in [6.45, 7) is 1.91. The van der Waals surface area contributed by atoms with Gasteiger partial charge in [-0.3, -0.25) is 4.79 Å². The maximum Gasteiger partial charge on any atom is 0.257 e. The fraction of sp³-hybridized carbons (Fsp3) is 0.0833. The van der Waals surface area contributed by atoms with Crippen molar-refractivity contribution in [3.8, 4) is 0 Å². The van der Waals surface area contributed by atoms with E-state index in [2.05, 4.69) is 15.5 Å². The van der Waals surface area contributed by atoms with Crippen LogP contribution in [0.4, 0.5) is 11.4 Å². The second-order valence-corrected chi connectivity index (χ2v) is 3.66. The minimum absolute atomic E-state index is 0.233. The van der Waals surface area contributed by atoms with Gasteiger partial charge in [0.15, 0.2) is 0 Å². The highest BCUT2D eigenvalue weighted by molar-refractivity contribution is 6.04. The van der Waals surface area contributed by atoms with Gasteiger partial charge in [-0.05, 0) is 30.7 Å². The second kappa shape index (κ2) is 4.61. The zero-order valence-electron chi connectivity index (χ0n) is 9.34. The van der Waals surface area contributed by atoms with Crippen LogP contribution in [0.1, 0.15) is 15.9 Å². The van der Waals surface area contributed by atoms with E-state index in [9.17, 15) is 4.79 Å². The molecule has 0 aliphatic carbocycles. The van der Waals surface area contributed by atoms with Gasteiger partial charge in [0.25, 0.3) is 5.91 Å². The molecule has 0 bridgehead atoms. The van der Waals surface area contributed by atoms with E-state index in [-0.39, 0.29) is 5.91 Å². The number of carbonyl (C=O) groups is 1. The number of carbonyl (C=O) groups excluding carboxylic acids is 1. The number of amides is 1. The van der Waals surface area contributed by atoms with E-state index in [1.807, 2.05) is 13.0 Å². The highest BCUT2D eigenvalue weighted by Crippen LogP contribution is 2.17. The van der Waals surface area contributed by atoms with Gasteiger partial charge >= 0.3 is 0 Å². The van der Waals surface area contributed by atoms with Crippen molar-refractivity contribution in [2.45, 2.75) is 6.92 Å². The summed E-state index contributed by atoms with van der Waals surface area (Å²) in [4.78, 5) is 11.8. The Labute approximate surface area is 98.7 Å². The van der Waals surface area contributed by atoms with Gasteiger partial charge in [0.2, 0.25) is 0 Å². The molecule has 0 fully saturated rings. The molecular formula is C12H12N4O. The van der Waals surface area contributed by atoms with E-state index in [4.69, 9.17) is 5.73 Å².